The maximum Gasteiger partial charge on any atom is 0.325 e. The van der Waals surface area contributed by atoms with Gasteiger partial charge in [0.05, 0.1) is 12.9 Å². The number of hydrogen-bond donors (Lipinski definition) is 2. The molecule has 0 aromatic heterocycles. The summed E-state index contributed by atoms with van der Waals surface area (Å²) < 4.78 is 5.28. The fraction of sp³-hybridized carbons (Fsp3) is 0.500. The summed E-state index contributed by atoms with van der Waals surface area (Å²) in [7, 11) is 1.63. The molecule has 2 N–H and O–H groups in total. The Morgan fingerprint density at radius 1 is 1.31 bits per heavy atom. The maximum atomic E-state index is 12.0. The summed E-state index contributed by atoms with van der Waals surface area (Å²) in [5, 5.41) is 5.50. The molecule has 8 heteroatoms. The summed E-state index contributed by atoms with van der Waals surface area (Å²) >= 11 is 1.40. The van der Waals surface area contributed by atoms with E-state index in [1.807, 2.05) is 24.3 Å². The van der Waals surface area contributed by atoms with Crippen LogP contribution in [0.25, 0.3) is 0 Å². The summed E-state index contributed by atoms with van der Waals surface area (Å²) in [6.45, 7) is 4.18. The number of nitrogens with one attached hydrogen (secondary N) is 2. The van der Waals surface area contributed by atoms with E-state index < -0.39 is 5.54 Å². The van der Waals surface area contributed by atoms with Crippen LogP contribution in [0.5, 0.6) is 5.75 Å². The van der Waals surface area contributed by atoms with Crippen molar-refractivity contribution >= 4 is 29.6 Å². The molecule has 1 aliphatic heterocycles. The number of benzene rings is 1. The molecular weight excluding hydrogens is 354 g/mol. The molecule has 0 bridgehead atoms. The molecule has 0 atom stereocenters. The van der Waals surface area contributed by atoms with Gasteiger partial charge >= 0.3 is 6.03 Å². The number of carbonyl (C=O) groups is 3. The highest BCUT2D eigenvalue weighted by atomic mass is 32.2. The molecule has 1 aromatic carbocycles. The lowest BCUT2D eigenvalue weighted by Gasteiger charge is -2.15. The zero-order chi connectivity index (χ0) is 19.2. The fourth-order valence-electron chi connectivity index (χ4n) is 2.64. The van der Waals surface area contributed by atoms with Gasteiger partial charge in [-0.2, -0.15) is 11.8 Å². The number of urea groups is 1. The van der Waals surface area contributed by atoms with E-state index in [9.17, 15) is 14.4 Å². The first kappa shape index (κ1) is 20.1. The van der Waals surface area contributed by atoms with Crippen molar-refractivity contribution in [2.45, 2.75) is 25.8 Å². The zero-order valence-corrected chi connectivity index (χ0v) is 16.1. The smallest absolute Gasteiger partial charge is 0.325 e. The first-order chi connectivity index (χ1) is 12.3. The second-order valence-electron chi connectivity index (χ2n) is 6.48. The van der Waals surface area contributed by atoms with E-state index in [-0.39, 0.29) is 17.8 Å². The number of imide groups is 1. The highest BCUT2D eigenvalue weighted by Gasteiger charge is 2.43. The van der Waals surface area contributed by atoms with E-state index in [0.29, 0.717) is 31.0 Å². The van der Waals surface area contributed by atoms with Crippen molar-refractivity contribution < 1.29 is 19.1 Å². The van der Waals surface area contributed by atoms with Gasteiger partial charge in [0.2, 0.25) is 5.91 Å². The van der Waals surface area contributed by atoms with E-state index in [4.69, 9.17) is 4.74 Å². The van der Waals surface area contributed by atoms with Crippen LogP contribution in [0.3, 0.4) is 0 Å². The minimum absolute atomic E-state index is 0.0672. The van der Waals surface area contributed by atoms with Crippen LogP contribution in [-0.4, -0.2) is 60.0 Å². The lowest BCUT2D eigenvalue weighted by molar-refractivity contribution is -0.130. The molecule has 1 fully saturated rings. The van der Waals surface area contributed by atoms with Gasteiger partial charge in [0, 0.05) is 18.8 Å². The molecule has 0 radical (unpaired) electrons. The first-order valence-electron chi connectivity index (χ1n) is 8.45. The van der Waals surface area contributed by atoms with Crippen molar-refractivity contribution in [2.24, 2.45) is 0 Å². The number of hydrogen-bond acceptors (Lipinski definition) is 5. The second kappa shape index (κ2) is 8.93. The third-order valence-corrected chi connectivity index (χ3v) is 4.98. The molecule has 26 heavy (non-hydrogen) atoms. The van der Waals surface area contributed by atoms with Crippen LogP contribution in [0, 0.1) is 0 Å². The standard InChI is InChI=1S/C18H25N3O4S/c1-18(2)16(23)21(17(24)20-18)10-11-26-12-15(22)19-9-8-13-6-4-5-7-14(13)25-3/h4-7H,8-12H2,1-3H3,(H,19,22)(H,20,24). The number of amides is 4. The Labute approximate surface area is 157 Å². The Kier molecular flexibility index (Phi) is 6.90. The van der Waals surface area contributed by atoms with Gasteiger partial charge < -0.3 is 15.4 Å². The largest absolute Gasteiger partial charge is 0.496 e. The third-order valence-electron chi connectivity index (χ3n) is 4.05. The molecule has 1 aromatic rings. The highest BCUT2D eigenvalue weighted by Crippen LogP contribution is 2.18. The lowest BCUT2D eigenvalue weighted by Crippen LogP contribution is -2.40. The fourth-order valence-corrected chi connectivity index (χ4v) is 3.38. The molecule has 0 saturated carbocycles. The van der Waals surface area contributed by atoms with Gasteiger partial charge in [0.1, 0.15) is 11.3 Å². The molecule has 0 spiro atoms. The van der Waals surface area contributed by atoms with Gasteiger partial charge in [-0.3, -0.25) is 14.5 Å². The highest BCUT2D eigenvalue weighted by molar-refractivity contribution is 7.99. The second-order valence-corrected chi connectivity index (χ2v) is 7.58. The van der Waals surface area contributed by atoms with Crippen LogP contribution in [0.1, 0.15) is 19.4 Å². The first-order valence-corrected chi connectivity index (χ1v) is 9.61. The Hall–Kier alpha value is -2.22. The third kappa shape index (κ3) is 5.14. The molecular formula is C18H25N3O4S. The van der Waals surface area contributed by atoms with Gasteiger partial charge in [-0.05, 0) is 31.9 Å². The van der Waals surface area contributed by atoms with Gasteiger partial charge in [-0.15, -0.1) is 0 Å². The molecule has 7 nitrogen and oxygen atoms in total. The molecule has 142 valence electrons. The van der Waals surface area contributed by atoms with Gasteiger partial charge in [0.25, 0.3) is 5.91 Å². The van der Waals surface area contributed by atoms with Gasteiger partial charge in [-0.25, -0.2) is 4.79 Å². The van der Waals surface area contributed by atoms with Gasteiger partial charge in [-0.1, -0.05) is 18.2 Å². The molecule has 4 amide bonds. The molecule has 1 heterocycles. The van der Waals surface area contributed by atoms with E-state index >= 15 is 0 Å². The van der Waals surface area contributed by atoms with Crippen molar-refractivity contribution in [3.63, 3.8) is 0 Å². The predicted molar refractivity (Wildman–Crippen MR) is 101 cm³/mol. The van der Waals surface area contributed by atoms with E-state index in [1.54, 1.807) is 21.0 Å². The number of para-hydroxylation sites is 1. The molecule has 1 aliphatic rings. The number of methoxy groups -OCH3 is 1. The quantitative estimate of drug-likeness (QED) is 0.500. The van der Waals surface area contributed by atoms with Crippen LogP contribution in [0.4, 0.5) is 4.79 Å². The van der Waals surface area contributed by atoms with Crippen LogP contribution in [-0.2, 0) is 16.0 Å². The normalized spacial score (nSPS) is 15.7. The number of rotatable bonds is 9. The SMILES string of the molecule is COc1ccccc1CCNC(=O)CSCCN1C(=O)NC(C)(C)C1=O. The number of nitrogens with zero attached hydrogens (tertiary/aromatic N) is 1. The predicted octanol–water partition coefficient (Wildman–Crippen LogP) is 1.42. The molecule has 1 saturated heterocycles. The Morgan fingerprint density at radius 3 is 2.69 bits per heavy atom. The lowest BCUT2D eigenvalue weighted by atomic mass is 10.1. The number of thioether (sulfide) groups is 1. The van der Waals surface area contributed by atoms with Crippen LogP contribution in [0.2, 0.25) is 0 Å². The van der Waals surface area contributed by atoms with E-state index in [2.05, 4.69) is 10.6 Å². The van der Waals surface area contributed by atoms with Crippen LogP contribution >= 0.6 is 11.8 Å². The summed E-state index contributed by atoms with van der Waals surface area (Å²) in [5.74, 6) is 1.33. The van der Waals surface area contributed by atoms with Crippen molar-refractivity contribution in [3.05, 3.63) is 29.8 Å². The topological polar surface area (TPSA) is 87.7 Å². The maximum absolute atomic E-state index is 12.0. The monoisotopic (exact) mass is 379 g/mol. The minimum atomic E-state index is -0.850. The Morgan fingerprint density at radius 2 is 2.04 bits per heavy atom. The summed E-state index contributed by atoms with van der Waals surface area (Å²) in [6.07, 6.45) is 0.692. The van der Waals surface area contributed by atoms with Gasteiger partial charge in [0.15, 0.2) is 0 Å². The average Bonchev–Trinajstić information content (AvgIpc) is 2.80. The van der Waals surface area contributed by atoms with Crippen molar-refractivity contribution in [1.82, 2.24) is 15.5 Å². The zero-order valence-electron chi connectivity index (χ0n) is 15.3. The molecule has 2 rings (SSSR count). The van der Waals surface area contributed by atoms with Crippen LogP contribution < -0.4 is 15.4 Å². The van der Waals surface area contributed by atoms with Crippen molar-refractivity contribution in [3.8, 4) is 5.75 Å². The Bertz CT molecular complexity index is 678. The average molecular weight is 379 g/mol. The molecule has 0 unspecified atom stereocenters. The molecule has 0 aliphatic carbocycles. The summed E-state index contributed by atoms with van der Waals surface area (Å²) in [6, 6.07) is 7.34. The summed E-state index contributed by atoms with van der Waals surface area (Å²) in [5.41, 5.74) is 0.196. The number of carbonyl (C=O) groups excluding carboxylic acids is 3. The number of ether oxygens (including phenoxy) is 1. The van der Waals surface area contributed by atoms with E-state index in [0.717, 1.165) is 11.3 Å². The van der Waals surface area contributed by atoms with Crippen molar-refractivity contribution in [1.29, 1.82) is 0 Å². The van der Waals surface area contributed by atoms with Crippen molar-refractivity contribution in [2.75, 3.05) is 31.7 Å². The minimum Gasteiger partial charge on any atom is -0.496 e. The van der Waals surface area contributed by atoms with E-state index in [1.165, 1.54) is 16.7 Å². The Balaban J connectivity index is 1.64. The van der Waals surface area contributed by atoms with Crippen LogP contribution in [0.15, 0.2) is 24.3 Å². The summed E-state index contributed by atoms with van der Waals surface area (Å²) in [4.78, 5) is 36.9.